The minimum atomic E-state index is -0.0622. The molecule has 3 heteroatoms. The molecule has 19 heavy (non-hydrogen) atoms. The zero-order valence-corrected chi connectivity index (χ0v) is 14.6. The molecule has 0 atom stereocenters. The molecule has 0 rings (SSSR count). The predicted octanol–water partition coefficient (Wildman–Crippen LogP) is 5.47. The van der Waals surface area contributed by atoms with Gasteiger partial charge in [0.2, 0.25) is 0 Å². The number of carbonyl (C=O) groups is 1. The molecule has 0 saturated heterocycles. The molecular formula is C16H31MoO2. The molecule has 0 amide bonds. The standard InChI is InChI=1S/C16H32O2.Mo/c1-2-3-4-5-6-7-8-9-10-11-12-13-14-15-16(17)18;/h2-15H2,1H3,(H,17,18);/q;+1/p-1. The third-order valence-corrected chi connectivity index (χ3v) is 4.03. The first kappa shape index (κ1) is 19.2. The van der Waals surface area contributed by atoms with Gasteiger partial charge in [-0.3, -0.25) is 0 Å². The van der Waals surface area contributed by atoms with Crippen LogP contribution in [-0.2, 0) is 28.4 Å². The molecule has 0 unspecified atom stereocenters. The number of hydrogen-bond donors (Lipinski definition) is 0. The van der Waals surface area contributed by atoms with Crippen molar-refractivity contribution in [3.8, 4) is 0 Å². The molecule has 0 heterocycles. The monoisotopic (exact) mass is 353 g/mol. The summed E-state index contributed by atoms with van der Waals surface area (Å²) in [6, 6.07) is 0. The van der Waals surface area contributed by atoms with E-state index in [2.05, 4.69) is 10.3 Å². The third-order valence-electron chi connectivity index (χ3n) is 3.58. The molecule has 0 aliphatic heterocycles. The fraction of sp³-hybridized carbons (Fsp3) is 0.938. The van der Waals surface area contributed by atoms with Crippen LogP contribution in [-0.4, -0.2) is 5.97 Å². The van der Waals surface area contributed by atoms with Crippen LogP contribution in [0.1, 0.15) is 96.8 Å². The van der Waals surface area contributed by atoms with Crippen molar-refractivity contribution in [2.24, 2.45) is 0 Å². The second-order valence-corrected chi connectivity index (χ2v) is 5.86. The Bertz CT molecular complexity index is 195. The maximum absolute atomic E-state index is 10.9. The van der Waals surface area contributed by atoms with Gasteiger partial charge in [0, 0.05) is 0 Å². The zero-order chi connectivity index (χ0) is 14.2. The Balaban J connectivity index is 2.97. The van der Waals surface area contributed by atoms with Crippen molar-refractivity contribution in [3.05, 3.63) is 0 Å². The molecule has 0 bridgehead atoms. The molecular weight excluding hydrogens is 320 g/mol. The summed E-state index contributed by atoms with van der Waals surface area (Å²) in [5, 5.41) is 0. The summed E-state index contributed by atoms with van der Waals surface area (Å²) in [5.41, 5.74) is 0. The van der Waals surface area contributed by atoms with Crippen molar-refractivity contribution >= 4 is 5.97 Å². The second kappa shape index (κ2) is 16.2. The SMILES string of the molecule is CCCCCCCCCCCCCCCC(=O)[O][Mo]. The summed E-state index contributed by atoms with van der Waals surface area (Å²) >= 11 is 1.40. The van der Waals surface area contributed by atoms with E-state index in [1.165, 1.54) is 97.2 Å². The molecule has 2 nitrogen and oxygen atoms in total. The average molecular weight is 351 g/mol. The molecule has 0 spiro atoms. The van der Waals surface area contributed by atoms with Gasteiger partial charge in [0.05, 0.1) is 0 Å². The quantitative estimate of drug-likeness (QED) is 0.306. The van der Waals surface area contributed by atoms with Gasteiger partial charge in [-0.1, -0.05) is 32.6 Å². The van der Waals surface area contributed by atoms with Crippen LogP contribution in [0.2, 0.25) is 0 Å². The molecule has 0 aromatic rings. The van der Waals surface area contributed by atoms with Crippen molar-refractivity contribution in [2.75, 3.05) is 0 Å². The van der Waals surface area contributed by atoms with Gasteiger partial charge in [-0.05, 0) is 0 Å². The van der Waals surface area contributed by atoms with Gasteiger partial charge in [0.1, 0.15) is 0 Å². The Morgan fingerprint density at radius 3 is 1.47 bits per heavy atom. The van der Waals surface area contributed by atoms with E-state index in [4.69, 9.17) is 0 Å². The first-order valence-corrected chi connectivity index (χ1v) is 8.95. The van der Waals surface area contributed by atoms with Crippen molar-refractivity contribution in [1.29, 1.82) is 0 Å². The predicted molar refractivity (Wildman–Crippen MR) is 76.4 cm³/mol. The van der Waals surface area contributed by atoms with Crippen LogP contribution in [0.3, 0.4) is 0 Å². The van der Waals surface area contributed by atoms with Crippen molar-refractivity contribution in [1.82, 2.24) is 0 Å². The zero-order valence-electron chi connectivity index (χ0n) is 12.6. The topological polar surface area (TPSA) is 26.3 Å². The van der Waals surface area contributed by atoms with Crippen molar-refractivity contribution < 1.29 is 28.4 Å². The molecule has 0 N–H and O–H groups in total. The van der Waals surface area contributed by atoms with E-state index < -0.39 is 0 Å². The van der Waals surface area contributed by atoms with E-state index >= 15 is 0 Å². The van der Waals surface area contributed by atoms with Crippen LogP contribution in [0.25, 0.3) is 0 Å². The summed E-state index contributed by atoms with van der Waals surface area (Å²) in [6.45, 7) is 2.27. The van der Waals surface area contributed by atoms with Gasteiger partial charge in [-0.25, -0.2) is 0 Å². The molecule has 0 fully saturated rings. The second-order valence-electron chi connectivity index (χ2n) is 5.45. The van der Waals surface area contributed by atoms with Crippen LogP contribution in [0, 0.1) is 0 Å². The Hall–Kier alpha value is 0.158. The summed E-state index contributed by atoms with van der Waals surface area (Å²) in [4.78, 5) is 10.9. The fourth-order valence-electron chi connectivity index (χ4n) is 2.33. The average Bonchev–Trinajstić information content (AvgIpc) is 2.43. The van der Waals surface area contributed by atoms with E-state index in [0.29, 0.717) is 6.42 Å². The van der Waals surface area contributed by atoms with Gasteiger partial charge in [-0.2, -0.15) is 0 Å². The Kier molecular flexibility index (Phi) is 16.3. The van der Waals surface area contributed by atoms with Crippen LogP contribution in [0.4, 0.5) is 0 Å². The van der Waals surface area contributed by atoms with E-state index in [9.17, 15) is 4.79 Å². The Morgan fingerprint density at radius 2 is 1.11 bits per heavy atom. The van der Waals surface area contributed by atoms with Crippen LogP contribution in [0.15, 0.2) is 0 Å². The molecule has 113 valence electrons. The van der Waals surface area contributed by atoms with E-state index in [0.717, 1.165) is 6.42 Å². The maximum atomic E-state index is 10.9. The van der Waals surface area contributed by atoms with Crippen LogP contribution >= 0.6 is 0 Å². The molecule has 0 radical (unpaired) electrons. The molecule has 0 aliphatic carbocycles. The van der Waals surface area contributed by atoms with Crippen LogP contribution in [0.5, 0.6) is 0 Å². The summed E-state index contributed by atoms with van der Waals surface area (Å²) in [5.74, 6) is -0.0622. The number of carbonyl (C=O) groups excluding carboxylic acids is 1. The van der Waals surface area contributed by atoms with Gasteiger partial charge < -0.3 is 0 Å². The van der Waals surface area contributed by atoms with E-state index in [1.807, 2.05) is 0 Å². The summed E-state index contributed by atoms with van der Waals surface area (Å²) in [6.07, 6.45) is 18.0. The molecule has 0 aromatic carbocycles. The molecule has 0 aliphatic rings. The first-order valence-electron chi connectivity index (χ1n) is 8.14. The first-order chi connectivity index (χ1) is 9.31. The molecule has 0 aromatic heterocycles. The Morgan fingerprint density at radius 1 is 0.737 bits per heavy atom. The van der Waals surface area contributed by atoms with Crippen molar-refractivity contribution in [3.63, 3.8) is 0 Å². The van der Waals surface area contributed by atoms with Gasteiger partial charge in [0.25, 0.3) is 0 Å². The number of unbranched alkanes of at least 4 members (excludes halogenated alkanes) is 12. The number of rotatable bonds is 14. The van der Waals surface area contributed by atoms with Gasteiger partial charge in [-0.15, -0.1) is 0 Å². The Labute approximate surface area is 131 Å². The van der Waals surface area contributed by atoms with E-state index in [-0.39, 0.29) is 5.97 Å². The summed E-state index contributed by atoms with van der Waals surface area (Å²) in [7, 11) is 0. The van der Waals surface area contributed by atoms with Crippen molar-refractivity contribution in [2.45, 2.75) is 96.8 Å². The number of hydrogen-bond acceptors (Lipinski definition) is 2. The van der Waals surface area contributed by atoms with Gasteiger partial charge >= 0.3 is 98.6 Å². The molecule has 0 saturated carbocycles. The minimum absolute atomic E-state index is 0.0622. The third kappa shape index (κ3) is 16.1. The fourth-order valence-corrected chi connectivity index (χ4v) is 2.53. The van der Waals surface area contributed by atoms with E-state index in [1.54, 1.807) is 0 Å². The summed E-state index contributed by atoms with van der Waals surface area (Å²) < 4.78 is 4.63. The normalized spacial score (nSPS) is 10.6. The van der Waals surface area contributed by atoms with Gasteiger partial charge in [0.15, 0.2) is 0 Å². The van der Waals surface area contributed by atoms with Crippen LogP contribution < -0.4 is 0 Å².